The topological polar surface area (TPSA) is 33.5 Å². The lowest BCUT2D eigenvalue weighted by molar-refractivity contribution is -0.892. The summed E-state index contributed by atoms with van der Waals surface area (Å²) in [5, 5.41) is 3.95. The first-order valence-corrected chi connectivity index (χ1v) is 7.99. The summed E-state index contributed by atoms with van der Waals surface area (Å²) < 4.78 is 0. The third kappa shape index (κ3) is 4.97. The number of amides is 1. The molecule has 0 radical (unpaired) electrons. The minimum atomic E-state index is 0.00439. The smallest absolute Gasteiger partial charge is 0.279 e. The van der Waals surface area contributed by atoms with Gasteiger partial charge in [-0.1, -0.05) is 29.6 Å². The van der Waals surface area contributed by atoms with Crippen molar-refractivity contribution in [1.29, 1.82) is 0 Å². The summed E-state index contributed by atoms with van der Waals surface area (Å²) in [4.78, 5) is 13.5. The van der Waals surface area contributed by atoms with E-state index in [-0.39, 0.29) is 5.91 Å². The molecular weight excluding hydrogens is 295 g/mol. The quantitative estimate of drug-likeness (QED) is 0.883. The van der Waals surface area contributed by atoms with E-state index in [0.717, 1.165) is 13.1 Å². The number of quaternary nitrogens is 1. The fourth-order valence-electron chi connectivity index (χ4n) is 2.60. The van der Waals surface area contributed by atoms with Gasteiger partial charge in [0.05, 0.1) is 23.8 Å². The first-order chi connectivity index (χ1) is 9.65. The molecular formula is C15H21Cl2N2O+. The van der Waals surface area contributed by atoms with Gasteiger partial charge in [0, 0.05) is 5.02 Å². The van der Waals surface area contributed by atoms with Gasteiger partial charge in [-0.15, -0.1) is 0 Å². The van der Waals surface area contributed by atoms with Crippen LogP contribution in [0.25, 0.3) is 0 Å². The van der Waals surface area contributed by atoms with E-state index in [9.17, 15) is 4.79 Å². The number of rotatable bonds is 3. The lowest BCUT2D eigenvalue weighted by Gasteiger charge is -2.21. The molecule has 1 aromatic rings. The molecule has 0 bridgehead atoms. The van der Waals surface area contributed by atoms with E-state index >= 15 is 0 Å². The molecule has 20 heavy (non-hydrogen) atoms. The van der Waals surface area contributed by atoms with Crippen LogP contribution in [0.4, 0.5) is 5.69 Å². The molecule has 2 rings (SSSR count). The third-order valence-corrected chi connectivity index (χ3v) is 4.24. The molecule has 0 spiro atoms. The molecule has 110 valence electrons. The molecule has 0 saturated carbocycles. The number of hydrogen-bond acceptors (Lipinski definition) is 1. The lowest BCUT2D eigenvalue weighted by Crippen LogP contribution is -3.13. The van der Waals surface area contributed by atoms with E-state index in [1.807, 2.05) is 0 Å². The molecule has 2 N–H and O–H groups in total. The molecule has 1 fully saturated rings. The van der Waals surface area contributed by atoms with Crippen LogP contribution in [0.15, 0.2) is 18.2 Å². The highest BCUT2D eigenvalue weighted by molar-refractivity contribution is 6.35. The van der Waals surface area contributed by atoms with Crippen LogP contribution >= 0.6 is 23.2 Å². The summed E-state index contributed by atoms with van der Waals surface area (Å²) >= 11 is 12.0. The van der Waals surface area contributed by atoms with Crippen LogP contribution in [-0.4, -0.2) is 25.5 Å². The van der Waals surface area contributed by atoms with Crippen molar-refractivity contribution in [1.82, 2.24) is 0 Å². The van der Waals surface area contributed by atoms with E-state index in [2.05, 4.69) is 5.32 Å². The van der Waals surface area contributed by atoms with Gasteiger partial charge >= 0.3 is 0 Å². The zero-order valence-corrected chi connectivity index (χ0v) is 13.1. The fourth-order valence-corrected chi connectivity index (χ4v) is 2.93. The molecule has 0 aromatic heterocycles. The molecule has 1 saturated heterocycles. The Morgan fingerprint density at radius 1 is 1.10 bits per heavy atom. The highest BCUT2D eigenvalue weighted by Gasteiger charge is 2.16. The maximum absolute atomic E-state index is 12.1. The summed E-state index contributed by atoms with van der Waals surface area (Å²) in [5.74, 6) is 0.00439. The van der Waals surface area contributed by atoms with Gasteiger partial charge in [-0.3, -0.25) is 4.79 Å². The van der Waals surface area contributed by atoms with Gasteiger partial charge in [-0.05, 0) is 43.9 Å². The van der Waals surface area contributed by atoms with Crippen LogP contribution in [0.1, 0.15) is 32.1 Å². The maximum atomic E-state index is 12.1. The molecule has 0 atom stereocenters. The van der Waals surface area contributed by atoms with Crippen molar-refractivity contribution in [3.8, 4) is 0 Å². The lowest BCUT2D eigenvalue weighted by atomic mass is 10.1. The number of benzene rings is 1. The van der Waals surface area contributed by atoms with Gasteiger partial charge in [0.1, 0.15) is 0 Å². The number of hydrogen-bond donors (Lipinski definition) is 2. The van der Waals surface area contributed by atoms with Crippen molar-refractivity contribution >= 4 is 34.8 Å². The fraction of sp³-hybridized carbons (Fsp3) is 0.533. The van der Waals surface area contributed by atoms with Gasteiger partial charge in [-0.2, -0.15) is 0 Å². The van der Waals surface area contributed by atoms with E-state index in [1.54, 1.807) is 18.2 Å². The van der Waals surface area contributed by atoms with Crippen LogP contribution in [-0.2, 0) is 4.79 Å². The highest BCUT2D eigenvalue weighted by Crippen LogP contribution is 2.25. The highest BCUT2D eigenvalue weighted by atomic mass is 35.5. The molecule has 1 amide bonds. The Balaban J connectivity index is 1.89. The standard InChI is InChI=1S/C15H20Cl2N2O/c16-12-6-7-13(17)14(10-12)18-15(20)11-19-8-4-2-1-3-5-9-19/h6-7,10H,1-5,8-9,11H2,(H,18,20)/p+1. The minimum absolute atomic E-state index is 0.00439. The van der Waals surface area contributed by atoms with Crippen molar-refractivity contribution in [2.75, 3.05) is 25.0 Å². The van der Waals surface area contributed by atoms with Crippen LogP contribution in [0.5, 0.6) is 0 Å². The van der Waals surface area contributed by atoms with Gasteiger partial charge < -0.3 is 10.2 Å². The Morgan fingerprint density at radius 2 is 1.75 bits per heavy atom. The zero-order valence-electron chi connectivity index (χ0n) is 11.6. The Labute approximate surface area is 130 Å². The Bertz CT molecular complexity index is 457. The second-order valence-corrected chi connectivity index (χ2v) is 6.21. The van der Waals surface area contributed by atoms with E-state index in [0.29, 0.717) is 22.3 Å². The SMILES string of the molecule is O=C(C[NH+]1CCCCCCC1)Nc1cc(Cl)ccc1Cl. The Kier molecular flexibility index (Phi) is 6.14. The second-order valence-electron chi connectivity index (χ2n) is 5.37. The number of carbonyl (C=O) groups is 1. The van der Waals surface area contributed by atoms with Crippen molar-refractivity contribution in [3.05, 3.63) is 28.2 Å². The molecule has 1 aliphatic heterocycles. The van der Waals surface area contributed by atoms with E-state index in [1.165, 1.54) is 37.0 Å². The number of nitrogens with one attached hydrogen (secondary N) is 2. The number of likely N-dealkylation sites (tertiary alicyclic amines) is 1. The van der Waals surface area contributed by atoms with E-state index < -0.39 is 0 Å². The van der Waals surface area contributed by atoms with Crippen molar-refractivity contribution in [2.45, 2.75) is 32.1 Å². The molecule has 1 aromatic carbocycles. The van der Waals surface area contributed by atoms with Crippen molar-refractivity contribution < 1.29 is 9.69 Å². The van der Waals surface area contributed by atoms with Gasteiger partial charge in [0.2, 0.25) is 0 Å². The molecule has 5 heteroatoms. The normalized spacial score (nSPS) is 17.3. The van der Waals surface area contributed by atoms with Gasteiger partial charge in [-0.25, -0.2) is 0 Å². The van der Waals surface area contributed by atoms with Crippen molar-refractivity contribution in [2.24, 2.45) is 0 Å². The molecule has 1 heterocycles. The Morgan fingerprint density at radius 3 is 2.45 bits per heavy atom. The Hall–Kier alpha value is -0.770. The first-order valence-electron chi connectivity index (χ1n) is 7.23. The summed E-state index contributed by atoms with van der Waals surface area (Å²) in [6.07, 6.45) is 6.31. The number of halogens is 2. The molecule has 0 aliphatic carbocycles. The maximum Gasteiger partial charge on any atom is 0.279 e. The van der Waals surface area contributed by atoms with Gasteiger partial charge in [0.15, 0.2) is 6.54 Å². The van der Waals surface area contributed by atoms with E-state index in [4.69, 9.17) is 23.2 Å². The minimum Gasteiger partial charge on any atom is -0.327 e. The predicted molar refractivity (Wildman–Crippen MR) is 83.7 cm³/mol. The van der Waals surface area contributed by atoms with Gasteiger partial charge in [0.25, 0.3) is 5.91 Å². The van der Waals surface area contributed by atoms with Crippen LogP contribution in [0.2, 0.25) is 10.0 Å². The average Bonchev–Trinajstić information content (AvgIpc) is 2.37. The summed E-state index contributed by atoms with van der Waals surface area (Å²) in [6.45, 7) is 2.66. The molecule has 0 unspecified atom stereocenters. The van der Waals surface area contributed by atoms with Crippen LogP contribution in [0, 0.1) is 0 Å². The average molecular weight is 316 g/mol. The molecule has 1 aliphatic rings. The monoisotopic (exact) mass is 315 g/mol. The zero-order chi connectivity index (χ0) is 14.4. The number of anilines is 1. The summed E-state index contributed by atoms with van der Waals surface area (Å²) in [7, 11) is 0. The number of carbonyl (C=O) groups excluding carboxylic acids is 1. The summed E-state index contributed by atoms with van der Waals surface area (Å²) in [5.41, 5.74) is 0.593. The third-order valence-electron chi connectivity index (χ3n) is 3.67. The van der Waals surface area contributed by atoms with Crippen LogP contribution in [0.3, 0.4) is 0 Å². The summed E-state index contributed by atoms with van der Waals surface area (Å²) in [6, 6.07) is 5.09. The second kappa shape index (κ2) is 7.87. The van der Waals surface area contributed by atoms with Crippen molar-refractivity contribution in [3.63, 3.8) is 0 Å². The van der Waals surface area contributed by atoms with Crippen LogP contribution < -0.4 is 10.2 Å². The molecule has 3 nitrogen and oxygen atoms in total. The predicted octanol–water partition coefficient (Wildman–Crippen LogP) is 2.78. The largest absolute Gasteiger partial charge is 0.327 e. The first kappa shape index (κ1) is 15.6.